The minimum Gasteiger partial charge on any atom is -0.446 e. The van der Waals surface area contributed by atoms with E-state index in [0.29, 0.717) is 19.4 Å². The van der Waals surface area contributed by atoms with Gasteiger partial charge in [0, 0.05) is 19.5 Å². The first-order valence-corrected chi connectivity index (χ1v) is 10.7. The van der Waals surface area contributed by atoms with E-state index in [4.69, 9.17) is 10.5 Å². The maximum Gasteiger partial charge on any atom is 0.407 e. The van der Waals surface area contributed by atoms with Crippen LogP contribution in [0.2, 0.25) is 0 Å². The molecule has 0 radical (unpaired) electrons. The fourth-order valence-electron chi connectivity index (χ4n) is 4.35. The van der Waals surface area contributed by atoms with Crippen molar-refractivity contribution in [3.63, 3.8) is 0 Å². The van der Waals surface area contributed by atoms with Gasteiger partial charge in [0.05, 0.1) is 12.6 Å². The number of halogens is 2. The van der Waals surface area contributed by atoms with Crippen molar-refractivity contribution < 1.29 is 23.1 Å². The van der Waals surface area contributed by atoms with Gasteiger partial charge >= 0.3 is 6.09 Å². The molecule has 30 heavy (non-hydrogen) atoms. The number of alkyl carbamates (subject to hydrolysis) is 1. The van der Waals surface area contributed by atoms with Crippen molar-refractivity contribution in [1.82, 2.24) is 10.2 Å². The number of carbonyl (C=O) groups excluding carboxylic acids is 2. The fraction of sp³-hybridized carbons (Fsp3) is 0.636. The highest BCUT2D eigenvalue weighted by atomic mass is 19.3. The van der Waals surface area contributed by atoms with Crippen LogP contribution < -0.4 is 11.1 Å². The molecule has 166 valence electrons. The maximum absolute atomic E-state index is 13.4. The van der Waals surface area contributed by atoms with Crippen LogP contribution in [-0.2, 0) is 16.1 Å². The molecule has 1 aliphatic heterocycles. The van der Waals surface area contributed by atoms with E-state index in [1.807, 2.05) is 37.3 Å². The molecule has 1 heterocycles. The van der Waals surface area contributed by atoms with Crippen molar-refractivity contribution in [2.45, 2.75) is 63.6 Å². The van der Waals surface area contributed by atoms with Crippen LogP contribution in [0.5, 0.6) is 0 Å². The average molecular weight is 424 g/mol. The van der Waals surface area contributed by atoms with Gasteiger partial charge in [-0.25, -0.2) is 13.6 Å². The number of hydrogen-bond donors (Lipinski definition) is 2. The van der Waals surface area contributed by atoms with Crippen LogP contribution in [0.4, 0.5) is 13.6 Å². The van der Waals surface area contributed by atoms with E-state index in [0.717, 1.165) is 18.4 Å². The Morgan fingerprint density at radius 3 is 2.50 bits per heavy atom. The molecule has 1 unspecified atom stereocenters. The van der Waals surface area contributed by atoms with Crippen LogP contribution in [0.1, 0.15) is 44.6 Å². The van der Waals surface area contributed by atoms with Crippen LogP contribution in [-0.4, -0.2) is 48.1 Å². The van der Waals surface area contributed by atoms with Crippen LogP contribution in [0.25, 0.3) is 0 Å². The van der Waals surface area contributed by atoms with Crippen LogP contribution >= 0.6 is 0 Å². The number of nitrogens with two attached hydrogens (primary N) is 1. The summed E-state index contributed by atoms with van der Waals surface area (Å²) >= 11 is 0. The first-order chi connectivity index (χ1) is 14.2. The van der Waals surface area contributed by atoms with E-state index in [-0.39, 0.29) is 30.9 Å². The molecule has 3 rings (SSSR count). The van der Waals surface area contributed by atoms with E-state index in [2.05, 4.69) is 5.32 Å². The average Bonchev–Trinajstić information content (AvgIpc) is 3.11. The first kappa shape index (κ1) is 22.5. The molecule has 2 fully saturated rings. The van der Waals surface area contributed by atoms with Gasteiger partial charge in [0.2, 0.25) is 5.91 Å². The Hall–Kier alpha value is -2.22. The number of ether oxygens (including phenoxy) is 1. The highest BCUT2D eigenvalue weighted by Crippen LogP contribution is 2.34. The van der Waals surface area contributed by atoms with Crippen molar-refractivity contribution >= 4 is 12.0 Å². The zero-order chi connectivity index (χ0) is 21.7. The minimum atomic E-state index is -2.81. The zero-order valence-corrected chi connectivity index (χ0v) is 17.4. The van der Waals surface area contributed by atoms with Crippen molar-refractivity contribution in [2.24, 2.45) is 17.6 Å². The number of amides is 2. The van der Waals surface area contributed by atoms with Gasteiger partial charge in [-0.3, -0.25) is 4.79 Å². The summed E-state index contributed by atoms with van der Waals surface area (Å²) in [6, 6.07) is 8.82. The van der Waals surface area contributed by atoms with Gasteiger partial charge in [-0.05, 0) is 43.1 Å². The Labute approximate surface area is 176 Å². The second-order valence-electron chi connectivity index (χ2n) is 8.53. The Kier molecular flexibility index (Phi) is 7.28. The number of carbonyl (C=O) groups is 2. The molecule has 2 amide bonds. The molecule has 1 saturated heterocycles. The molecule has 1 aliphatic carbocycles. The number of nitrogens with one attached hydrogen (secondary N) is 1. The van der Waals surface area contributed by atoms with E-state index in [1.165, 1.54) is 4.90 Å². The van der Waals surface area contributed by atoms with Gasteiger partial charge in [0.25, 0.3) is 5.92 Å². The number of nitrogens with zero attached hydrogens (tertiary/aromatic N) is 1. The third-order valence-electron chi connectivity index (χ3n) is 6.35. The second-order valence-corrected chi connectivity index (χ2v) is 8.53. The summed E-state index contributed by atoms with van der Waals surface area (Å²) in [7, 11) is 0. The van der Waals surface area contributed by atoms with E-state index < -0.39 is 30.5 Å². The Balaban J connectivity index is 1.40. The molecule has 2 atom stereocenters. The molecule has 3 N–H and O–H groups in total. The summed E-state index contributed by atoms with van der Waals surface area (Å²) in [6.07, 6.45) is 2.09. The van der Waals surface area contributed by atoms with Crippen LogP contribution in [0.15, 0.2) is 30.3 Å². The maximum atomic E-state index is 13.4. The van der Waals surface area contributed by atoms with Crippen molar-refractivity contribution in [1.29, 1.82) is 0 Å². The van der Waals surface area contributed by atoms with E-state index in [1.54, 1.807) is 0 Å². The summed E-state index contributed by atoms with van der Waals surface area (Å²) in [4.78, 5) is 25.7. The van der Waals surface area contributed by atoms with Gasteiger partial charge in [-0.1, -0.05) is 37.3 Å². The summed E-state index contributed by atoms with van der Waals surface area (Å²) in [5.74, 6) is -3.10. The predicted molar refractivity (Wildman–Crippen MR) is 109 cm³/mol. The van der Waals surface area contributed by atoms with Gasteiger partial charge in [-0.15, -0.1) is 0 Å². The summed E-state index contributed by atoms with van der Waals surface area (Å²) in [6.45, 7) is 1.85. The number of benzene rings is 1. The lowest BCUT2D eigenvalue weighted by molar-refractivity contribution is -0.134. The fourth-order valence-corrected chi connectivity index (χ4v) is 4.35. The van der Waals surface area contributed by atoms with Crippen LogP contribution in [0.3, 0.4) is 0 Å². The van der Waals surface area contributed by atoms with Crippen molar-refractivity contribution in [2.75, 3.05) is 13.1 Å². The molecule has 8 heteroatoms. The van der Waals surface area contributed by atoms with Gasteiger partial charge in [0.15, 0.2) is 0 Å². The smallest absolute Gasteiger partial charge is 0.407 e. The molecule has 1 aromatic rings. The van der Waals surface area contributed by atoms with Crippen LogP contribution in [0, 0.1) is 11.8 Å². The summed E-state index contributed by atoms with van der Waals surface area (Å²) in [5.41, 5.74) is 7.14. The minimum absolute atomic E-state index is 0.0604. The molecular weight excluding hydrogens is 392 g/mol. The molecule has 0 aromatic heterocycles. The number of alkyl halides is 2. The third-order valence-corrected chi connectivity index (χ3v) is 6.35. The van der Waals surface area contributed by atoms with Crippen molar-refractivity contribution in [3.8, 4) is 0 Å². The number of likely N-dealkylation sites (tertiary alicyclic amines) is 1. The standard InChI is InChI=1S/C22H31F2N3O3/c1-15(19(25)20(28)27-12-11-22(23,24)14-27)17-7-9-18(10-8-17)30-21(29)26-13-16-5-3-2-4-6-16/h2-6,15,17-19H,7-14,25H2,1H3,(H,26,29)/t15-,17?,18?,19?/m0/s1. The lowest BCUT2D eigenvalue weighted by Gasteiger charge is -2.35. The Morgan fingerprint density at radius 1 is 1.23 bits per heavy atom. The molecule has 6 nitrogen and oxygen atoms in total. The summed E-state index contributed by atoms with van der Waals surface area (Å²) < 4.78 is 32.3. The Morgan fingerprint density at radius 2 is 1.90 bits per heavy atom. The van der Waals surface area contributed by atoms with Gasteiger partial charge in [0.1, 0.15) is 6.10 Å². The predicted octanol–water partition coefficient (Wildman–Crippen LogP) is 3.30. The van der Waals surface area contributed by atoms with Crippen molar-refractivity contribution in [3.05, 3.63) is 35.9 Å². The largest absolute Gasteiger partial charge is 0.446 e. The monoisotopic (exact) mass is 423 g/mol. The molecule has 1 saturated carbocycles. The third kappa shape index (κ3) is 5.90. The summed E-state index contributed by atoms with van der Waals surface area (Å²) in [5, 5.41) is 2.76. The molecule has 0 bridgehead atoms. The normalized spacial score (nSPS) is 25.4. The van der Waals surface area contributed by atoms with Gasteiger partial charge in [-0.2, -0.15) is 0 Å². The van der Waals surface area contributed by atoms with E-state index in [9.17, 15) is 18.4 Å². The molecule has 2 aliphatic rings. The molecule has 1 aromatic carbocycles. The lowest BCUT2D eigenvalue weighted by atomic mass is 9.76. The number of rotatable bonds is 6. The molecular formula is C22H31F2N3O3. The second kappa shape index (κ2) is 9.73. The van der Waals surface area contributed by atoms with Gasteiger partial charge < -0.3 is 20.7 Å². The highest BCUT2D eigenvalue weighted by Gasteiger charge is 2.43. The Bertz CT molecular complexity index is 724. The molecule has 0 spiro atoms. The van der Waals surface area contributed by atoms with E-state index >= 15 is 0 Å². The number of hydrogen-bond acceptors (Lipinski definition) is 4. The quantitative estimate of drug-likeness (QED) is 0.735. The SMILES string of the molecule is C[C@@H](C1CCC(OC(=O)NCc2ccccc2)CC1)C(N)C(=O)N1CCC(F)(F)C1. The zero-order valence-electron chi connectivity index (χ0n) is 17.4. The lowest BCUT2D eigenvalue weighted by Crippen LogP contribution is -2.49. The topological polar surface area (TPSA) is 84.7 Å². The first-order valence-electron chi connectivity index (χ1n) is 10.7. The highest BCUT2D eigenvalue weighted by molar-refractivity contribution is 5.82.